The molecule has 0 bridgehead atoms. The Hall–Kier alpha value is -1.49. The lowest BCUT2D eigenvalue weighted by molar-refractivity contribution is -0.123. The monoisotopic (exact) mass is 250 g/mol. The molecule has 17 heavy (non-hydrogen) atoms. The molecule has 1 N–H and O–H groups in total. The van der Waals surface area contributed by atoms with E-state index in [9.17, 15) is 9.59 Å². The summed E-state index contributed by atoms with van der Waals surface area (Å²) in [4.78, 5) is 26.0. The maximum Gasteiger partial charge on any atom is 0.254 e. The third kappa shape index (κ3) is 2.79. The molecular weight excluding hydrogens is 236 g/mol. The van der Waals surface area contributed by atoms with E-state index in [0.29, 0.717) is 18.7 Å². The summed E-state index contributed by atoms with van der Waals surface area (Å²) in [6.07, 6.45) is 1.99. The first kappa shape index (κ1) is 12.0. The van der Waals surface area contributed by atoms with E-state index in [1.807, 2.05) is 18.4 Å². The summed E-state index contributed by atoms with van der Waals surface area (Å²) >= 11 is 1.64. The number of nitrogens with zero attached hydrogens (tertiary/aromatic N) is 1. The number of piperazine rings is 1. The van der Waals surface area contributed by atoms with Gasteiger partial charge in [-0.2, -0.15) is 0 Å². The summed E-state index contributed by atoms with van der Waals surface area (Å²) in [5.41, 5.74) is 0.637. The van der Waals surface area contributed by atoms with Crippen LogP contribution in [0.2, 0.25) is 0 Å². The Bertz CT molecular complexity index is 431. The van der Waals surface area contributed by atoms with Crippen molar-refractivity contribution in [2.24, 2.45) is 0 Å². The van der Waals surface area contributed by atoms with Gasteiger partial charge in [-0.05, 0) is 30.5 Å². The molecule has 0 atom stereocenters. The first-order valence-corrected chi connectivity index (χ1v) is 6.63. The lowest BCUT2D eigenvalue weighted by Crippen LogP contribution is -2.49. The van der Waals surface area contributed by atoms with Crippen molar-refractivity contribution in [2.75, 3.05) is 25.9 Å². The summed E-state index contributed by atoms with van der Waals surface area (Å²) < 4.78 is 0. The topological polar surface area (TPSA) is 49.4 Å². The predicted octanol–water partition coefficient (Wildman–Crippen LogP) is 0.980. The van der Waals surface area contributed by atoms with Crippen molar-refractivity contribution in [1.82, 2.24) is 10.2 Å². The predicted molar refractivity (Wildman–Crippen MR) is 67.1 cm³/mol. The van der Waals surface area contributed by atoms with E-state index in [2.05, 4.69) is 5.32 Å². The van der Waals surface area contributed by atoms with Crippen LogP contribution in [-0.2, 0) is 4.79 Å². The highest BCUT2D eigenvalue weighted by Gasteiger charge is 2.21. The molecule has 5 heteroatoms. The molecule has 2 rings (SSSR count). The minimum absolute atomic E-state index is 0.0764. The molecule has 0 spiro atoms. The fraction of sp³-hybridized carbons (Fsp3) is 0.333. The smallest absolute Gasteiger partial charge is 0.254 e. The van der Waals surface area contributed by atoms with Gasteiger partial charge in [-0.1, -0.05) is 0 Å². The Morgan fingerprint density at radius 1 is 1.35 bits per heavy atom. The number of hydrogen-bond acceptors (Lipinski definition) is 3. The van der Waals surface area contributed by atoms with Crippen molar-refractivity contribution in [3.8, 4) is 0 Å². The van der Waals surface area contributed by atoms with E-state index in [1.54, 1.807) is 28.8 Å². The van der Waals surface area contributed by atoms with Crippen LogP contribution in [0, 0.1) is 0 Å². The van der Waals surface area contributed by atoms with Crippen molar-refractivity contribution in [2.45, 2.75) is 4.90 Å². The molecule has 0 aromatic heterocycles. The molecule has 90 valence electrons. The largest absolute Gasteiger partial charge is 0.353 e. The van der Waals surface area contributed by atoms with Crippen LogP contribution in [0.3, 0.4) is 0 Å². The molecule has 1 aromatic rings. The van der Waals surface area contributed by atoms with Gasteiger partial charge in [0.05, 0.1) is 6.54 Å². The summed E-state index contributed by atoms with van der Waals surface area (Å²) in [5.74, 6) is -0.169. The lowest BCUT2D eigenvalue weighted by atomic mass is 10.2. The lowest BCUT2D eigenvalue weighted by Gasteiger charge is -2.26. The van der Waals surface area contributed by atoms with Crippen molar-refractivity contribution in [3.05, 3.63) is 29.8 Å². The van der Waals surface area contributed by atoms with Crippen LogP contribution < -0.4 is 5.32 Å². The number of carbonyl (C=O) groups excluding carboxylic acids is 2. The van der Waals surface area contributed by atoms with E-state index in [-0.39, 0.29) is 18.4 Å². The quantitative estimate of drug-likeness (QED) is 0.796. The zero-order chi connectivity index (χ0) is 12.3. The van der Waals surface area contributed by atoms with Crippen LogP contribution in [-0.4, -0.2) is 42.6 Å². The molecule has 0 unspecified atom stereocenters. The number of hydrogen-bond donors (Lipinski definition) is 1. The normalized spacial score (nSPS) is 15.6. The fourth-order valence-electron chi connectivity index (χ4n) is 1.73. The highest BCUT2D eigenvalue weighted by Crippen LogP contribution is 2.16. The number of rotatable bonds is 2. The summed E-state index contributed by atoms with van der Waals surface area (Å²) in [6.45, 7) is 1.27. The first-order chi connectivity index (χ1) is 8.20. The van der Waals surface area contributed by atoms with E-state index in [4.69, 9.17) is 0 Å². The standard InChI is InChI=1S/C12H14N2O2S/c1-17-10-4-2-9(3-5-10)12(16)14-7-6-13-11(15)8-14/h2-5H,6-8H2,1H3,(H,13,15). The summed E-state index contributed by atoms with van der Waals surface area (Å²) in [6, 6.07) is 7.45. The van der Waals surface area contributed by atoms with Gasteiger partial charge in [0, 0.05) is 23.5 Å². The number of amides is 2. The van der Waals surface area contributed by atoms with E-state index in [0.717, 1.165) is 4.90 Å². The minimum Gasteiger partial charge on any atom is -0.353 e. The van der Waals surface area contributed by atoms with E-state index >= 15 is 0 Å². The zero-order valence-corrected chi connectivity index (χ0v) is 10.4. The molecule has 1 aliphatic rings. The molecular formula is C12H14N2O2S. The van der Waals surface area contributed by atoms with Gasteiger partial charge in [-0.15, -0.1) is 11.8 Å². The third-order valence-electron chi connectivity index (χ3n) is 2.66. The molecule has 1 fully saturated rings. The van der Waals surface area contributed by atoms with Crippen molar-refractivity contribution in [1.29, 1.82) is 0 Å². The van der Waals surface area contributed by atoms with Gasteiger partial charge in [0.15, 0.2) is 0 Å². The molecule has 0 aliphatic carbocycles. The Kier molecular flexibility index (Phi) is 3.68. The van der Waals surface area contributed by atoms with Crippen LogP contribution in [0.1, 0.15) is 10.4 Å². The Balaban J connectivity index is 2.10. The van der Waals surface area contributed by atoms with Gasteiger partial charge in [0.1, 0.15) is 0 Å². The van der Waals surface area contributed by atoms with Crippen molar-refractivity contribution in [3.63, 3.8) is 0 Å². The Morgan fingerprint density at radius 2 is 2.06 bits per heavy atom. The first-order valence-electron chi connectivity index (χ1n) is 5.41. The fourth-order valence-corrected chi connectivity index (χ4v) is 2.14. The van der Waals surface area contributed by atoms with E-state index < -0.39 is 0 Å². The molecule has 1 saturated heterocycles. The number of benzene rings is 1. The summed E-state index contributed by atoms with van der Waals surface area (Å²) in [5, 5.41) is 2.70. The SMILES string of the molecule is CSc1ccc(C(=O)N2CCNC(=O)C2)cc1. The Labute approximate surface area is 104 Å². The highest BCUT2D eigenvalue weighted by atomic mass is 32.2. The number of thioether (sulfide) groups is 1. The number of nitrogens with one attached hydrogen (secondary N) is 1. The van der Waals surface area contributed by atoms with Gasteiger partial charge < -0.3 is 10.2 Å². The van der Waals surface area contributed by atoms with Crippen LogP contribution in [0.5, 0.6) is 0 Å². The van der Waals surface area contributed by atoms with Crippen molar-refractivity contribution >= 4 is 23.6 Å². The molecule has 0 saturated carbocycles. The van der Waals surface area contributed by atoms with Crippen molar-refractivity contribution < 1.29 is 9.59 Å². The zero-order valence-electron chi connectivity index (χ0n) is 9.60. The van der Waals surface area contributed by atoms with E-state index in [1.165, 1.54) is 0 Å². The minimum atomic E-state index is -0.0923. The van der Waals surface area contributed by atoms with Gasteiger partial charge >= 0.3 is 0 Å². The number of carbonyl (C=O) groups is 2. The molecule has 1 heterocycles. The Morgan fingerprint density at radius 3 is 2.65 bits per heavy atom. The molecule has 4 nitrogen and oxygen atoms in total. The maximum absolute atomic E-state index is 12.1. The van der Waals surface area contributed by atoms with Crippen LogP contribution in [0.15, 0.2) is 29.2 Å². The van der Waals surface area contributed by atoms with Crippen LogP contribution in [0.25, 0.3) is 0 Å². The third-order valence-corrected chi connectivity index (χ3v) is 3.41. The van der Waals surface area contributed by atoms with Crippen LogP contribution in [0.4, 0.5) is 0 Å². The van der Waals surface area contributed by atoms with Gasteiger partial charge in [-0.25, -0.2) is 0 Å². The average Bonchev–Trinajstić information content (AvgIpc) is 2.38. The van der Waals surface area contributed by atoms with Gasteiger partial charge in [-0.3, -0.25) is 9.59 Å². The average molecular weight is 250 g/mol. The van der Waals surface area contributed by atoms with Gasteiger partial charge in [0.25, 0.3) is 5.91 Å². The molecule has 1 aromatic carbocycles. The van der Waals surface area contributed by atoms with Gasteiger partial charge in [0.2, 0.25) is 5.91 Å². The molecule has 1 aliphatic heterocycles. The maximum atomic E-state index is 12.1. The second-order valence-electron chi connectivity index (χ2n) is 3.81. The second kappa shape index (κ2) is 5.23. The molecule has 2 amide bonds. The molecule has 0 radical (unpaired) electrons. The summed E-state index contributed by atoms with van der Waals surface area (Å²) in [7, 11) is 0. The highest BCUT2D eigenvalue weighted by molar-refractivity contribution is 7.98. The second-order valence-corrected chi connectivity index (χ2v) is 4.68. The van der Waals surface area contributed by atoms with Crippen LogP contribution >= 0.6 is 11.8 Å².